The fraction of sp³-hybridized carbons (Fsp3) is 0.676. The standard InChI is InChI=1S/C37H59NO4/c1-11-36(7,8)31-22-26(15-13-17-39)20-29(33(31)38-42)28(19-25(3)24-35(4,5)6)30-21-27(16-14-18-40)23-32(34(30)41)37(9,10)12-2/h20-23,25,28,39-41H,11-19,24H2,1-10H3. The first-order chi connectivity index (χ1) is 19.5. The maximum absolute atomic E-state index is 12.8. The van der Waals surface area contributed by atoms with Gasteiger partial charge in [0, 0.05) is 30.3 Å². The molecule has 0 aliphatic heterocycles. The number of phenols is 1. The van der Waals surface area contributed by atoms with Crippen molar-refractivity contribution in [3.05, 3.63) is 62.6 Å². The molecule has 2 unspecified atom stereocenters. The lowest BCUT2D eigenvalue weighted by Crippen LogP contribution is -2.20. The SMILES string of the molecule is CCC(C)(C)c1cc(CCCO)cc(C(CC(C)CC(C)(C)C)c2cc(CCCO)cc(C(C)(C)CC)c2N=O)c1O. The van der Waals surface area contributed by atoms with Gasteiger partial charge in [0.25, 0.3) is 0 Å². The molecule has 2 atom stereocenters. The number of aliphatic hydroxyl groups excluding tert-OH is 2. The van der Waals surface area contributed by atoms with Crippen LogP contribution in [0.3, 0.4) is 0 Å². The van der Waals surface area contributed by atoms with Gasteiger partial charge in [0.1, 0.15) is 11.4 Å². The molecule has 0 aromatic heterocycles. The summed E-state index contributed by atoms with van der Waals surface area (Å²) in [6.07, 6.45) is 6.18. The molecule has 5 nitrogen and oxygen atoms in total. The monoisotopic (exact) mass is 581 g/mol. The highest BCUT2D eigenvalue weighted by molar-refractivity contribution is 5.63. The van der Waals surface area contributed by atoms with E-state index in [2.05, 4.69) is 98.7 Å². The average Bonchev–Trinajstić information content (AvgIpc) is 2.92. The van der Waals surface area contributed by atoms with Crippen molar-refractivity contribution >= 4 is 5.69 Å². The molecule has 2 aromatic rings. The fourth-order valence-electron chi connectivity index (χ4n) is 6.29. The van der Waals surface area contributed by atoms with Crippen molar-refractivity contribution in [3.8, 4) is 5.75 Å². The highest BCUT2D eigenvalue weighted by Crippen LogP contribution is 2.49. The zero-order chi connectivity index (χ0) is 31.9. The number of aromatic hydroxyl groups is 1. The maximum Gasteiger partial charge on any atom is 0.123 e. The molecule has 0 saturated heterocycles. The van der Waals surface area contributed by atoms with Crippen LogP contribution in [0.5, 0.6) is 5.75 Å². The van der Waals surface area contributed by atoms with Crippen molar-refractivity contribution in [2.75, 3.05) is 13.2 Å². The van der Waals surface area contributed by atoms with Crippen molar-refractivity contribution in [1.82, 2.24) is 0 Å². The van der Waals surface area contributed by atoms with Gasteiger partial charge >= 0.3 is 0 Å². The van der Waals surface area contributed by atoms with Crippen LogP contribution in [-0.2, 0) is 23.7 Å². The smallest absolute Gasteiger partial charge is 0.123 e. The highest BCUT2D eigenvalue weighted by Gasteiger charge is 2.33. The summed E-state index contributed by atoms with van der Waals surface area (Å²) >= 11 is 0. The first kappa shape index (κ1) is 36.0. The lowest BCUT2D eigenvalue weighted by atomic mass is 9.72. The third-order valence-electron chi connectivity index (χ3n) is 9.31. The summed E-state index contributed by atoms with van der Waals surface area (Å²) in [6.45, 7) is 22.1. The molecule has 42 heavy (non-hydrogen) atoms. The molecule has 0 heterocycles. The van der Waals surface area contributed by atoms with Gasteiger partial charge in [-0.05, 0) is 101 Å². The van der Waals surface area contributed by atoms with Crippen LogP contribution in [0.4, 0.5) is 5.69 Å². The molecule has 0 amide bonds. The van der Waals surface area contributed by atoms with Gasteiger partial charge in [-0.25, -0.2) is 0 Å². The minimum Gasteiger partial charge on any atom is -0.507 e. The molecule has 0 spiro atoms. The molecular weight excluding hydrogens is 522 g/mol. The molecule has 0 fully saturated rings. The van der Waals surface area contributed by atoms with Gasteiger partial charge in [-0.2, -0.15) is 0 Å². The normalized spacial score (nSPS) is 14.2. The Kier molecular flexibility index (Phi) is 12.8. The van der Waals surface area contributed by atoms with E-state index in [4.69, 9.17) is 0 Å². The summed E-state index contributed by atoms with van der Waals surface area (Å²) in [7, 11) is 0. The minimum atomic E-state index is -0.269. The lowest BCUT2D eigenvalue weighted by molar-refractivity contribution is 0.288. The Hall–Kier alpha value is -2.24. The number of aryl methyl sites for hydroxylation is 2. The molecule has 0 bridgehead atoms. The van der Waals surface area contributed by atoms with E-state index < -0.39 is 0 Å². The Balaban J connectivity index is 3.02. The highest BCUT2D eigenvalue weighted by atomic mass is 16.3. The van der Waals surface area contributed by atoms with E-state index >= 15 is 0 Å². The van der Waals surface area contributed by atoms with Crippen molar-refractivity contribution in [3.63, 3.8) is 0 Å². The molecule has 5 heteroatoms. The summed E-state index contributed by atoms with van der Waals surface area (Å²) < 4.78 is 0. The molecule has 0 aliphatic carbocycles. The Morgan fingerprint density at radius 2 is 1.24 bits per heavy atom. The van der Waals surface area contributed by atoms with Crippen LogP contribution in [0.2, 0.25) is 0 Å². The summed E-state index contributed by atoms with van der Waals surface area (Å²) in [5, 5.41) is 35.0. The van der Waals surface area contributed by atoms with Gasteiger partial charge < -0.3 is 15.3 Å². The first-order valence-electron chi connectivity index (χ1n) is 16.1. The molecule has 3 N–H and O–H groups in total. The molecule has 0 radical (unpaired) electrons. The van der Waals surface area contributed by atoms with Crippen LogP contribution in [0.15, 0.2) is 29.4 Å². The van der Waals surface area contributed by atoms with Gasteiger partial charge in [-0.1, -0.05) is 93.5 Å². The van der Waals surface area contributed by atoms with Crippen molar-refractivity contribution in [2.45, 2.75) is 137 Å². The third kappa shape index (κ3) is 9.13. The first-order valence-corrected chi connectivity index (χ1v) is 16.1. The largest absolute Gasteiger partial charge is 0.507 e. The van der Waals surface area contributed by atoms with E-state index in [0.717, 1.165) is 59.1 Å². The average molecular weight is 582 g/mol. The second kappa shape index (κ2) is 15.0. The van der Waals surface area contributed by atoms with Crippen molar-refractivity contribution < 1.29 is 15.3 Å². The second-order valence-electron chi connectivity index (χ2n) is 15.0. The van der Waals surface area contributed by atoms with Crippen LogP contribution in [0.25, 0.3) is 0 Å². The van der Waals surface area contributed by atoms with Crippen LogP contribution in [0.1, 0.15) is 147 Å². The van der Waals surface area contributed by atoms with Crippen molar-refractivity contribution in [2.24, 2.45) is 16.5 Å². The number of aliphatic hydroxyl groups is 2. The Labute approximate surface area is 256 Å². The van der Waals surface area contributed by atoms with E-state index in [0.29, 0.717) is 43.0 Å². The van der Waals surface area contributed by atoms with E-state index in [1.54, 1.807) is 0 Å². The number of phenolic OH excluding ortho intramolecular Hbond substituents is 1. The zero-order valence-corrected chi connectivity index (χ0v) is 28.2. The van der Waals surface area contributed by atoms with E-state index in [1.807, 2.05) is 0 Å². The van der Waals surface area contributed by atoms with Gasteiger partial charge in [-0.3, -0.25) is 0 Å². The number of nitrogens with zero attached hydrogens (tertiary/aromatic N) is 1. The Morgan fingerprint density at radius 3 is 1.69 bits per heavy atom. The summed E-state index contributed by atoms with van der Waals surface area (Å²) in [4.78, 5) is 12.8. The van der Waals surface area contributed by atoms with E-state index in [9.17, 15) is 20.2 Å². The molecule has 236 valence electrons. The molecule has 2 rings (SSSR count). The van der Waals surface area contributed by atoms with Gasteiger partial charge in [0.15, 0.2) is 0 Å². The number of rotatable bonds is 16. The van der Waals surface area contributed by atoms with Crippen LogP contribution in [0, 0.1) is 16.2 Å². The molecule has 0 aliphatic rings. The number of nitroso groups, excluding NO2 is 1. The minimum absolute atomic E-state index is 0.102. The van der Waals surface area contributed by atoms with Gasteiger partial charge in [-0.15, -0.1) is 4.91 Å². The zero-order valence-electron chi connectivity index (χ0n) is 28.2. The lowest BCUT2D eigenvalue weighted by Gasteiger charge is -2.33. The summed E-state index contributed by atoms with van der Waals surface area (Å²) in [5.74, 6) is 0.383. The molecular formula is C37H59NO4. The van der Waals surface area contributed by atoms with E-state index in [1.165, 1.54) is 0 Å². The number of hydrogen-bond acceptors (Lipinski definition) is 5. The van der Waals surface area contributed by atoms with Crippen LogP contribution >= 0.6 is 0 Å². The predicted octanol–water partition coefficient (Wildman–Crippen LogP) is 9.61. The molecule has 0 saturated carbocycles. The van der Waals surface area contributed by atoms with E-state index in [-0.39, 0.29) is 35.4 Å². The van der Waals surface area contributed by atoms with Crippen LogP contribution < -0.4 is 0 Å². The Morgan fingerprint density at radius 1 is 0.762 bits per heavy atom. The topological polar surface area (TPSA) is 90.1 Å². The molecule has 2 aromatic carbocycles. The van der Waals surface area contributed by atoms with Crippen molar-refractivity contribution in [1.29, 1.82) is 0 Å². The van der Waals surface area contributed by atoms with Gasteiger partial charge in [0.2, 0.25) is 0 Å². The maximum atomic E-state index is 12.8. The van der Waals surface area contributed by atoms with Crippen LogP contribution in [-0.4, -0.2) is 28.5 Å². The summed E-state index contributed by atoms with van der Waals surface area (Å²) in [6, 6.07) is 8.43. The quantitative estimate of drug-likeness (QED) is 0.172. The number of hydrogen-bond donors (Lipinski definition) is 3. The second-order valence-corrected chi connectivity index (χ2v) is 15.0. The number of benzene rings is 2. The summed E-state index contributed by atoms with van der Waals surface area (Å²) in [5.41, 5.74) is 5.83. The Bertz CT molecular complexity index is 1180. The third-order valence-corrected chi connectivity index (χ3v) is 9.31. The predicted molar refractivity (Wildman–Crippen MR) is 177 cm³/mol. The fourth-order valence-corrected chi connectivity index (χ4v) is 6.29. The van der Waals surface area contributed by atoms with Gasteiger partial charge in [0.05, 0.1) is 0 Å².